The highest BCUT2D eigenvalue weighted by Gasteiger charge is 2.08. The van der Waals surface area contributed by atoms with Crippen LogP contribution in [0.25, 0.3) is 0 Å². The maximum atomic E-state index is 11.6. The molecule has 0 radical (unpaired) electrons. The third kappa shape index (κ3) is 5.27. The Kier molecular flexibility index (Phi) is 5.33. The van der Waals surface area contributed by atoms with Gasteiger partial charge in [0, 0.05) is 24.1 Å². The lowest BCUT2D eigenvalue weighted by Gasteiger charge is -2.04. The number of anilines is 2. The largest absolute Gasteiger partial charge is 0.360 e. The molecule has 110 valence electrons. The summed E-state index contributed by atoms with van der Waals surface area (Å²) in [6.07, 6.45) is 3.19. The van der Waals surface area contributed by atoms with Crippen molar-refractivity contribution < 1.29 is 14.1 Å². The van der Waals surface area contributed by atoms with Gasteiger partial charge < -0.3 is 15.2 Å². The Morgan fingerprint density at radius 3 is 2.48 bits per heavy atom. The van der Waals surface area contributed by atoms with Gasteiger partial charge in [-0.15, -0.1) is 11.8 Å². The maximum Gasteiger partial charge on any atom is 0.235 e. The van der Waals surface area contributed by atoms with Gasteiger partial charge in [0.2, 0.25) is 11.8 Å². The van der Waals surface area contributed by atoms with Crippen LogP contribution in [-0.2, 0) is 9.59 Å². The van der Waals surface area contributed by atoms with Crippen LogP contribution in [0, 0.1) is 6.92 Å². The lowest BCUT2D eigenvalue weighted by atomic mass is 10.4. The van der Waals surface area contributed by atoms with Crippen molar-refractivity contribution in [3.63, 3.8) is 0 Å². The second kappa shape index (κ2) is 7.44. The van der Waals surface area contributed by atoms with Crippen molar-refractivity contribution in [1.29, 1.82) is 0 Å². The number of nitrogens with zero attached hydrogens (tertiary/aromatic N) is 2. The molecule has 21 heavy (non-hydrogen) atoms. The molecule has 0 aliphatic carbocycles. The monoisotopic (exact) mass is 306 g/mol. The van der Waals surface area contributed by atoms with Crippen LogP contribution in [0.2, 0.25) is 0 Å². The summed E-state index contributed by atoms with van der Waals surface area (Å²) in [4.78, 5) is 27.1. The van der Waals surface area contributed by atoms with E-state index in [1.165, 1.54) is 11.8 Å². The molecule has 0 saturated heterocycles. The molecule has 2 N–H and O–H groups in total. The number of nitrogens with one attached hydrogen (secondary N) is 2. The van der Waals surface area contributed by atoms with Gasteiger partial charge in [-0.05, 0) is 19.1 Å². The first-order valence-electron chi connectivity index (χ1n) is 6.14. The van der Waals surface area contributed by atoms with E-state index >= 15 is 0 Å². The van der Waals surface area contributed by atoms with E-state index in [1.807, 2.05) is 0 Å². The van der Waals surface area contributed by atoms with Crippen LogP contribution >= 0.6 is 11.8 Å². The number of rotatable bonds is 6. The predicted octanol–water partition coefficient (Wildman–Crippen LogP) is 1.69. The molecule has 2 rings (SSSR count). The van der Waals surface area contributed by atoms with E-state index in [9.17, 15) is 9.59 Å². The summed E-state index contributed by atoms with van der Waals surface area (Å²) in [5, 5.41) is 8.94. The van der Waals surface area contributed by atoms with Gasteiger partial charge >= 0.3 is 0 Å². The predicted molar refractivity (Wildman–Crippen MR) is 80.1 cm³/mol. The fraction of sp³-hybridized carbons (Fsp3) is 0.231. The zero-order valence-electron chi connectivity index (χ0n) is 11.3. The zero-order chi connectivity index (χ0) is 15.1. The number of hydrogen-bond acceptors (Lipinski definition) is 6. The SMILES string of the molecule is Cc1cc(NC(=O)CSCC(=O)Nc2ccncc2)no1. The van der Waals surface area contributed by atoms with Gasteiger partial charge in [-0.2, -0.15) is 0 Å². The van der Waals surface area contributed by atoms with Crippen molar-refractivity contribution in [2.24, 2.45) is 0 Å². The van der Waals surface area contributed by atoms with E-state index in [-0.39, 0.29) is 23.3 Å². The first-order valence-corrected chi connectivity index (χ1v) is 7.30. The molecule has 0 aliphatic rings. The Morgan fingerprint density at radius 2 is 1.86 bits per heavy atom. The lowest BCUT2D eigenvalue weighted by Crippen LogP contribution is -2.18. The average molecular weight is 306 g/mol. The molecule has 2 heterocycles. The summed E-state index contributed by atoms with van der Waals surface area (Å²) < 4.78 is 4.83. The van der Waals surface area contributed by atoms with Gasteiger partial charge in [0.15, 0.2) is 5.82 Å². The number of pyridine rings is 1. The molecular formula is C13H14N4O3S. The van der Waals surface area contributed by atoms with E-state index in [0.717, 1.165) is 0 Å². The van der Waals surface area contributed by atoms with Crippen LogP contribution < -0.4 is 10.6 Å². The van der Waals surface area contributed by atoms with Crippen LogP contribution in [-0.4, -0.2) is 33.5 Å². The Morgan fingerprint density at radius 1 is 1.19 bits per heavy atom. The number of carbonyl (C=O) groups is 2. The Labute approximate surface area is 125 Å². The summed E-state index contributed by atoms with van der Waals surface area (Å²) in [5.41, 5.74) is 0.679. The molecule has 0 atom stereocenters. The summed E-state index contributed by atoms with van der Waals surface area (Å²) in [6, 6.07) is 5.02. The molecule has 0 unspecified atom stereocenters. The number of carbonyl (C=O) groups excluding carboxylic acids is 2. The summed E-state index contributed by atoms with van der Waals surface area (Å²) in [7, 11) is 0. The van der Waals surface area contributed by atoms with Gasteiger partial charge in [-0.25, -0.2) is 0 Å². The van der Waals surface area contributed by atoms with E-state index in [4.69, 9.17) is 4.52 Å². The maximum absolute atomic E-state index is 11.6. The minimum atomic E-state index is -0.231. The van der Waals surface area contributed by atoms with E-state index in [1.54, 1.807) is 37.5 Å². The highest BCUT2D eigenvalue weighted by molar-refractivity contribution is 8.00. The van der Waals surface area contributed by atoms with Gasteiger partial charge in [0.05, 0.1) is 11.5 Å². The fourth-order valence-corrected chi connectivity index (χ4v) is 2.09. The molecule has 2 aromatic rings. The zero-order valence-corrected chi connectivity index (χ0v) is 12.1. The molecule has 0 fully saturated rings. The van der Waals surface area contributed by atoms with Crippen molar-refractivity contribution in [3.05, 3.63) is 36.4 Å². The molecule has 2 amide bonds. The van der Waals surface area contributed by atoms with Gasteiger partial charge in [0.25, 0.3) is 0 Å². The highest BCUT2D eigenvalue weighted by atomic mass is 32.2. The lowest BCUT2D eigenvalue weighted by molar-refractivity contribution is -0.114. The quantitative estimate of drug-likeness (QED) is 0.843. The molecule has 0 saturated carbocycles. The van der Waals surface area contributed by atoms with E-state index in [0.29, 0.717) is 17.3 Å². The second-order valence-electron chi connectivity index (χ2n) is 4.15. The molecule has 7 nitrogen and oxygen atoms in total. The van der Waals surface area contributed by atoms with Crippen molar-refractivity contribution in [3.8, 4) is 0 Å². The third-order valence-electron chi connectivity index (χ3n) is 2.33. The van der Waals surface area contributed by atoms with Gasteiger partial charge in [-0.1, -0.05) is 5.16 Å². The normalized spacial score (nSPS) is 10.1. The summed E-state index contributed by atoms with van der Waals surface area (Å²) >= 11 is 1.22. The Bertz CT molecular complexity index is 615. The molecular weight excluding hydrogens is 292 g/mol. The molecule has 8 heteroatoms. The van der Waals surface area contributed by atoms with Crippen molar-refractivity contribution in [2.75, 3.05) is 22.1 Å². The first kappa shape index (κ1) is 15.0. The molecule has 2 aromatic heterocycles. The minimum absolute atomic E-state index is 0.162. The Hall–Kier alpha value is -2.35. The molecule has 0 aromatic carbocycles. The van der Waals surface area contributed by atoms with Crippen molar-refractivity contribution in [2.45, 2.75) is 6.92 Å². The average Bonchev–Trinajstić information content (AvgIpc) is 2.85. The number of amides is 2. The van der Waals surface area contributed by atoms with Crippen LogP contribution in [0.4, 0.5) is 11.5 Å². The first-order chi connectivity index (χ1) is 10.1. The second-order valence-corrected chi connectivity index (χ2v) is 5.13. The standard InChI is InChI=1S/C13H14N4O3S/c1-9-6-11(17-20-9)16-13(19)8-21-7-12(18)15-10-2-4-14-5-3-10/h2-6H,7-8H2,1H3,(H,14,15,18)(H,16,17,19). The molecule has 0 spiro atoms. The number of aryl methyl sites for hydroxylation is 1. The smallest absolute Gasteiger partial charge is 0.235 e. The van der Waals surface area contributed by atoms with Gasteiger partial charge in [0.1, 0.15) is 5.76 Å². The topological polar surface area (TPSA) is 97.1 Å². The third-order valence-corrected chi connectivity index (χ3v) is 3.26. The summed E-state index contributed by atoms with van der Waals surface area (Å²) in [6.45, 7) is 1.74. The van der Waals surface area contributed by atoms with Gasteiger partial charge in [-0.3, -0.25) is 14.6 Å². The number of hydrogen-bond donors (Lipinski definition) is 2. The van der Waals surface area contributed by atoms with E-state index < -0.39 is 0 Å². The number of aromatic nitrogens is 2. The minimum Gasteiger partial charge on any atom is -0.360 e. The van der Waals surface area contributed by atoms with Crippen molar-refractivity contribution >= 4 is 35.1 Å². The van der Waals surface area contributed by atoms with Crippen LogP contribution in [0.5, 0.6) is 0 Å². The van der Waals surface area contributed by atoms with Crippen LogP contribution in [0.1, 0.15) is 5.76 Å². The van der Waals surface area contributed by atoms with E-state index in [2.05, 4.69) is 20.8 Å². The van der Waals surface area contributed by atoms with Crippen molar-refractivity contribution in [1.82, 2.24) is 10.1 Å². The highest BCUT2D eigenvalue weighted by Crippen LogP contribution is 2.09. The summed E-state index contributed by atoms with van der Waals surface area (Å²) in [5.74, 6) is 0.943. The molecule has 0 bridgehead atoms. The number of thioether (sulfide) groups is 1. The van der Waals surface area contributed by atoms with Crippen LogP contribution in [0.3, 0.4) is 0 Å². The fourth-order valence-electron chi connectivity index (χ4n) is 1.47. The molecule has 0 aliphatic heterocycles. The Balaban J connectivity index is 1.67. The van der Waals surface area contributed by atoms with Crippen LogP contribution in [0.15, 0.2) is 35.1 Å².